The molecule has 162 valence electrons. The van der Waals surface area contributed by atoms with E-state index in [0.717, 1.165) is 0 Å². The molecule has 0 saturated carbocycles. The highest BCUT2D eigenvalue weighted by molar-refractivity contribution is 5.80. The van der Waals surface area contributed by atoms with E-state index < -0.39 is 0 Å². The normalized spacial score (nSPS) is 16.0. The number of carbonyl (C=O) groups excluding carboxylic acids is 2. The number of rotatable bonds is 7. The molecule has 7 heteroatoms. The van der Waals surface area contributed by atoms with Crippen LogP contribution >= 0.6 is 0 Å². The van der Waals surface area contributed by atoms with Crippen molar-refractivity contribution in [3.8, 4) is 11.3 Å². The van der Waals surface area contributed by atoms with Crippen molar-refractivity contribution < 1.29 is 18.4 Å². The Morgan fingerprint density at radius 1 is 1.23 bits per heavy atom. The Morgan fingerprint density at radius 2 is 1.93 bits per heavy atom. The number of likely N-dealkylation sites (tertiary alicyclic amines) is 1. The van der Waals surface area contributed by atoms with Gasteiger partial charge in [0.25, 0.3) is 0 Å². The summed E-state index contributed by atoms with van der Waals surface area (Å²) in [4.78, 5) is 30.9. The van der Waals surface area contributed by atoms with Gasteiger partial charge >= 0.3 is 0 Å². The van der Waals surface area contributed by atoms with E-state index in [-0.39, 0.29) is 36.0 Å². The first-order valence-corrected chi connectivity index (χ1v) is 10.6. The molecule has 1 saturated heterocycles. The monoisotopic (exact) mass is 415 g/mol. The third-order valence-electron chi connectivity index (χ3n) is 5.83. The molecule has 1 fully saturated rings. The van der Waals surface area contributed by atoms with E-state index in [2.05, 4.69) is 24.1 Å². The Labute approximate surface area is 176 Å². The van der Waals surface area contributed by atoms with Crippen molar-refractivity contribution in [3.63, 3.8) is 0 Å². The molecule has 2 aromatic rings. The second kappa shape index (κ2) is 9.87. The van der Waals surface area contributed by atoms with Crippen molar-refractivity contribution in [2.45, 2.75) is 52.5 Å². The highest BCUT2D eigenvalue weighted by atomic mass is 19.1. The number of hydrogen-bond acceptors (Lipinski definition) is 4. The number of halogens is 1. The second-order valence-electron chi connectivity index (χ2n) is 8.29. The third kappa shape index (κ3) is 5.46. The van der Waals surface area contributed by atoms with Crippen molar-refractivity contribution >= 4 is 11.8 Å². The molecule has 30 heavy (non-hydrogen) atoms. The minimum Gasteiger partial charge on any atom is -0.441 e. The highest BCUT2D eigenvalue weighted by Gasteiger charge is 2.28. The first-order chi connectivity index (χ1) is 14.3. The van der Waals surface area contributed by atoms with Crippen LogP contribution in [0.2, 0.25) is 0 Å². The molecular weight excluding hydrogens is 385 g/mol. The van der Waals surface area contributed by atoms with Gasteiger partial charge in [-0.1, -0.05) is 26.0 Å². The van der Waals surface area contributed by atoms with Gasteiger partial charge in [-0.25, -0.2) is 9.37 Å². The molecular formula is C23H30FN3O3. The first kappa shape index (κ1) is 22.0. The Hall–Kier alpha value is -2.70. The lowest BCUT2D eigenvalue weighted by molar-refractivity contribution is -0.135. The average molecular weight is 416 g/mol. The predicted molar refractivity (Wildman–Crippen MR) is 112 cm³/mol. The molecule has 2 heterocycles. The number of aromatic nitrogens is 1. The summed E-state index contributed by atoms with van der Waals surface area (Å²) in [5.74, 6) is 0.872. The van der Waals surface area contributed by atoms with Crippen LogP contribution in [0, 0.1) is 17.7 Å². The van der Waals surface area contributed by atoms with E-state index in [9.17, 15) is 14.0 Å². The Kier molecular flexibility index (Phi) is 7.24. The maximum absolute atomic E-state index is 13.9. The second-order valence-corrected chi connectivity index (χ2v) is 8.29. The van der Waals surface area contributed by atoms with Crippen LogP contribution in [-0.4, -0.2) is 40.8 Å². The van der Waals surface area contributed by atoms with Crippen LogP contribution in [-0.2, 0) is 16.0 Å². The smallest absolute Gasteiger partial charge is 0.223 e. The van der Waals surface area contributed by atoms with E-state index in [1.54, 1.807) is 23.1 Å². The van der Waals surface area contributed by atoms with Gasteiger partial charge in [0.15, 0.2) is 11.7 Å². The SMILES string of the molecule is CC(C)C(C)NC(=O)C1CCN(C(=O)CCc2ncc(-c3ccccc3F)o2)CC1. The van der Waals surface area contributed by atoms with Gasteiger partial charge in [-0.05, 0) is 37.8 Å². The summed E-state index contributed by atoms with van der Waals surface area (Å²) in [6, 6.07) is 6.50. The number of hydrogen-bond donors (Lipinski definition) is 1. The number of nitrogens with zero attached hydrogens (tertiary/aromatic N) is 2. The molecule has 0 spiro atoms. The molecule has 1 aromatic heterocycles. The van der Waals surface area contributed by atoms with E-state index in [4.69, 9.17) is 4.42 Å². The lowest BCUT2D eigenvalue weighted by atomic mass is 9.94. The van der Waals surface area contributed by atoms with Crippen molar-refractivity contribution in [2.24, 2.45) is 11.8 Å². The molecule has 0 aliphatic carbocycles. The lowest BCUT2D eigenvalue weighted by Gasteiger charge is -2.32. The molecule has 1 unspecified atom stereocenters. The van der Waals surface area contributed by atoms with Crippen LogP contribution in [0.25, 0.3) is 11.3 Å². The molecule has 1 aliphatic heterocycles. The first-order valence-electron chi connectivity index (χ1n) is 10.6. The maximum Gasteiger partial charge on any atom is 0.223 e. The van der Waals surface area contributed by atoms with Gasteiger partial charge in [-0.3, -0.25) is 9.59 Å². The summed E-state index contributed by atoms with van der Waals surface area (Å²) < 4.78 is 19.5. The van der Waals surface area contributed by atoms with Crippen LogP contribution in [0.15, 0.2) is 34.9 Å². The van der Waals surface area contributed by atoms with Crippen molar-refractivity contribution in [2.75, 3.05) is 13.1 Å². The zero-order valence-electron chi connectivity index (χ0n) is 17.9. The summed E-state index contributed by atoms with van der Waals surface area (Å²) in [5, 5.41) is 3.07. The van der Waals surface area contributed by atoms with Crippen molar-refractivity contribution in [3.05, 3.63) is 42.2 Å². The standard InChI is InChI=1S/C23H30FN3O3/c1-15(2)16(3)26-23(29)17-10-12-27(13-11-17)22(28)9-8-21-25-14-20(30-21)18-6-4-5-7-19(18)24/h4-7,14-17H,8-13H2,1-3H3,(H,26,29). The molecule has 1 aromatic carbocycles. The van der Waals surface area contributed by atoms with Crippen molar-refractivity contribution in [1.82, 2.24) is 15.2 Å². The number of nitrogens with one attached hydrogen (secondary N) is 1. The molecule has 1 atom stereocenters. The van der Waals surface area contributed by atoms with E-state index >= 15 is 0 Å². The van der Waals surface area contributed by atoms with Crippen LogP contribution in [0.5, 0.6) is 0 Å². The fraction of sp³-hybridized carbons (Fsp3) is 0.522. The van der Waals surface area contributed by atoms with Gasteiger partial charge in [0, 0.05) is 37.9 Å². The summed E-state index contributed by atoms with van der Waals surface area (Å²) in [6.45, 7) is 7.35. The quantitative estimate of drug-likeness (QED) is 0.746. The van der Waals surface area contributed by atoms with Gasteiger partial charge in [0.1, 0.15) is 5.82 Å². The number of piperidine rings is 1. The van der Waals surface area contributed by atoms with E-state index in [0.29, 0.717) is 55.5 Å². The number of amides is 2. The molecule has 1 aliphatic rings. The molecule has 2 amide bonds. The summed E-state index contributed by atoms with van der Waals surface area (Å²) in [7, 11) is 0. The maximum atomic E-state index is 13.9. The molecule has 6 nitrogen and oxygen atoms in total. The molecule has 0 radical (unpaired) electrons. The molecule has 1 N–H and O–H groups in total. The average Bonchev–Trinajstić information content (AvgIpc) is 3.21. The largest absolute Gasteiger partial charge is 0.441 e. The van der Waals surface area contributed by atoms with E-state index in [1.165, 1.54) is 12.3 Å². The predicted octanol–water partition coefficient (Wildman–Crippen LogP) is 3.81. The third-order valence-corrected chi connectivity index (χ3v) is 5.83. The van der Waals surface area contributed by atoms with E-state index in [1.807, 2.05) is 6.92 Å². The Bertz CT molecular complexity index is 872. The Morgan fingerprint density at radius 3 is 2.60 bits per heavy atom. The highest BCUT2D eigenvalue weighted by Crippen LogP contribution is 2.24. The number of aryl methyl sites for hydroxylation is 1. The van der Waals surface area contributed by atoms with Gasteiger partial charge in [-0.2, -0.15) is 0 Å². The van der Waals surface area contributed by atoms with Crippen LogP contribution in [0.4, 0.5) is 4.39 Å². The summed E-state index contributed by atoms with van der Waals surface area (Å²) in [5.41, 5.74) is 0.356. The number of oxazole rings is 1. The minimum atomic E-state index is -0.369. The van der Waals surface area contributed by atoms with Crippen LogP contribution in [0.3, 0.4) is 0 Å². The van der Waals surface area contributed by atoms with Gasteiger partial charge in [-0.15, -0.1) is 0 Å². The topological polar surface area (TPSA) is 75.4 Å². The van der Waals surface area contributed by atoms with Gasteiger partial charge in [0.05, 0.1) is 11.8 Å². The number of benzene rings is 1. The zero-order valence-corrected chi connectivity index (χ0v) is 17.9. The lowest BCUT2D eigenvalue weighted by Crippen LogP contribution is -2.45. The minimum absolute atomic E-state index is 0.0232. The summed E-state index contributed by atoms with van der Waals surface area (Å²) in [6.07, 6.45) is 3.48. The zero-order chi connectivity index (χ0) is 21.7. The van der Waals surface area contributed by atoms with Crippen LogP contribution in [0.1, 0.15) is 45.9 Å². The Balaban J connectivity index is 1.46. The van der Waals surface area contributed by atoms with Gasteiger partial charge < -0.3 is 14.6 Å². The van der Waals surface area contributed by atoms with Crippen molar-refractivity contribution in [1.29, 1.82) is 0 Å². The summed E-state index contributed by atoms with van der Waals surface area (Å²) >= 11 is 0. The fourth-order valence-corrected chi connectivity index (χ4v) is 3.48. The van der Waals surface area contributed by atoms with Gasteiger partial charge in [0.2, 0.25) is 11.8 Å². The fourth-order valence-electron chi connectivity index (χ4n) is 3.48. The molecule has 3 rings (SSSR count). The van der Waals surface area contributed by atoms with Crippen LogP contribution < -0.4 is 5.32 Å². The molecule has 0 bridgehead atoms. The number of carbonyl (C=O) groups is 2.